The zero-order chi connectivity index (χ0) is 11.5. The zero-order valence-corrected chi connectivity index (χ0v) is 11.4. The third-order valence-electron chi connectivity index (χ3n) is 2.40. The molecule has 2 N–H and O–H groups in total. The molecule has 4 heteroatoms. The second-order valence-electron chi connectivity index (χ2n) is 3.68. The highest BCUT2D eigenvalue weighted by atomic mass is 79.9. The fraction of sp³-hybridized carbons (Fsp3) is 0.250. The molecule has 1 aromatic heterocycles. The highest BCUT2D eigenvalue weighted by Gasteiger charge is 2.11. The first-order valence-electron chi connectivity index (χ1n) is 5.08. The van der Waals surface area contributed by atoms with Crippen molar-refractivity contribution in [2.75, 3.05) is 0 Å². The molecular formula is C12H13BrN2S. The van der Waals surface area contributed by atoms with E-state index in [0.29, 0.717) is 0 Å². The van der Waals surface area contributed by atoms with Gasteiger partial charge in [-0.25, -0.2) is 4.98 Å². The van der Waals surface area contributed by atoms with Crippen molar-refractivity contribution < 1.29 is 0 Å². The van der Waals surface area contributed by atoms with Crippen molar-refractivity contribution >= 4 is 27.3 Å². The Morgan fingerprint density at radius 1 is 1.44 bits per heavy atom. The number of aromatic nitrogens is 1. The minimum atomic E-state index is 0.0323. The Bertz CT molecular complexity index is 481. The van der Waals surface area contributed by atoms with E-state index >= 15 is 0 Å². The summed E-state index contributed by atoms with van der Waals surface area (Å²) in [5.41, 5.74) is 7.40. The lowest BCUT2D eigenvalue weighted by atomic mass is 10.1. The van der Waals surface area contributed by atoms with Gasteiger partial charge in [0, 0.05) is 21.6 Å². The molecule has 2 rings (SSSR count). The molecule has 0 spiro atoms. The average molecular weight is 297 g/mol. The van der Waals surface area contributed by atoms with Crippen LogP contribution in [-0.2, 0) is 6.42 Å². The molecule has 0 radical (unpaired) electrons. The van der Waals surface area contributed by atoms with Gasteiger partial charge < -0.3 is 5.73 Å². The molecule has 0 amide bonds. The molecule has 0 aliphatic heterocycles. The van der Waals surface area contributed by atoms with Crippen molar-refractivity contribution in [3.05, 3.63) is 50.4 Å². The second-order valence-corrected chi connectivity index (χ2v) is 5.80. The summed E-state index contributed by atoms with van der Waals surface area (Å²) in [7, 11) is 0. The van der Waals surface area contributed by atoms with Crippen LogP contribution in [0.25, 0.3) is 0 Å². The predicted molar refractivity (Wildman–Crippen MR) is 71.6 cm³/mol. The van der Waals surface area contributed by atoms with Gasteiger partial charge in [-0.3, -0.25) is 0 Å². The van der Waals surface area contributed by atoms with Gasteiger partial charge in [0.15, 0.2) is 0 Å². The quantitative estimate of drug-likeness (QED) is 0.942. The van der Waals surface area contributed by atoms with Crippen LogP contribution in [0.5, 0.6) is 0 Å². The summed E-state index contributed by atoms with van der Waals surface area (Å²) in [4.78, 5) is 5.38. The summed E-state index contributed by atoms with van der Waals surface area (Å²) < 4.78 is 1.12. The van der Waals surface area contributed by atoms with Gasteiger partial charge in [0.05, 0.1) is 5.01 Å². The summed E-state index contributed by atoms with van der Waals surface area (Å²) in [6.45, 7) is 2.00. The number of nitrogens with zero attached hydrogens (tertiary/aromatic N) is 1. The Labute approximate surface area is 108 Å². The van der Waals surface area contributed by atoms with Crippen molar-refractivity contribution in [3.8, 4) is 0 Å². The SMILES string of the molecule is Cc1ncc(C(N)Cc2ccccc2Br)s1. The molecule has 1 aromatic carbocycles. The van der Waals surface area contributed by atoms with Crippen LogP contribution in [-0.4, -0.2) is 4.98 Å². The van der Waals surface area contributed by atoms with Gasteiger partial charge in [-0.15, -0.1) is 11.3 Å². The van der Waals surface area contributed by atoms with E-state index in [1.165, 1.54) is 5.56 Å². The van der Waals surface area contributed by atoms with Gasteiger partial charge in [0.1, 0.15) is 0 Å². The normalized spacial score (nSPS) is 12.7. The van der Waals surface area contributed by atoms with Crippen LogP contribution in [0.3, 0.4) is 0 Å². The lowest BCUT2D eigenvalue weighted by Gasteiger charge is -2.10. The van der Waals surface area contributed by atoms with Crippen LogP contribution in [0.4, 0.5) is 0 Å². The molecular weight excluding hydrogens is 284 g/mol. The third kappa shape index (κ3) is 2.70. The number of nitrogens with two attached hydrogens (primary N) is 1. The van der Waals surface area contributed by atoms with Gasteiger partial charge in [0.25, 0.3) is 0 Å². The molecule has 0 bridgehead atoms. The average Bonchev–Trinajstić information content (AvgIpc) is 2.68. The van der Waals surface area contributed by atoms with Crippen LogP contribution < -0.4 is 5.73 Å². The molecule has 1 atom stereocenters. The number of rotatable bonds is 3. The Morgan fingerprint density at radius 2 is 2.19 bits per heavy atom. The van der Waals surface area contributed by atoms with Crippen LogP contribution in [0, 0.1) is 6.92 Å². The molecule has 0 aliphatic carbocycles. The fourth-order valence-corrected chi connectivity index (χ4v) is 2.78. The molecule has 0 aliphatic rings. The van der Waals surface area contributed by atoms with E-state index in [2.05, 4.69) is 27.0 Å². The maximum atomic E-state index is 6.16. The smallest absolute Gasteiger partial charge is 0.0897 e. The first-order chi connectivity index (χ1) is 7.66. The third-order valence-corrected chi connectivity index (χ3v) is 4.22. The molecule has 1 heterocycles. The summed E-state index contributed by atoms with van der Waals surface area (Å²) in [5.74, 6) is 0. The maximum Gasteiger partial charge on any atom is 0.0897 e. The Hall–Kier alpha value is -0.710. The van der Waals surface area contributed by atoms with Gasteiger partial charge in [0.2, 0.25) is 0 Å². The van der Waals surface area contributed by atoms with E-state index in [9.17, 15) is 0 Å². The fourth-order valence-electron chi connectivity index (χ4n) is 1.55. The molecule has 2 nitrogen and oxygen atoms in total. The summed E-state index contributed by atoms with van der Waals surface area (Å²) in [6, 6.07) is 8.21. The second kappa shape index (κ2) is 5.08. The molecule has 2 aromatic rings. The summed E-state index contributed by atoms with van der Waals surface area (Å²) >= 11 is 5.20. The molecule has 1 unspecified atom stereocenters. The lowest BCUT2D eigenvalue weighted by Crippen LogP contribution is -2.12. The van der Waals surface area contributed by atoms with Gasteiger partial charge in [-0.1, -0.05) is 34.1 Å². The van der Waals surface area contributed by atoms with E-state index in [1.807, 2.05) is 31.3 Å². The zero-order valence-electron chi connectivity index (χ0n) is 8.98. The van der Waals surface area contributed by atoms with Gasteiger partial charge in [-0.05, 0) is 25.0 Å². The molecule has 84 valence electrons. The van der Waals surface area contributed by atoms with E-state index in [0.717, 1.165) is 20.8 Å². The minimum Gasteiger partial charge on any atom is -0.323 e. The number of hydrogen-bond donors (Lipinski definition) is 1. The highest BCUT2D eigenvalue weighted by molar-refractivity contribution is 9.10. The summed E-state index contributed by atoms with van der Waals surface area (Å²) in [6.07, 6.45) is 2.71. The number of thiazole rings is 1. The Balaban J connectivity index is 2.13. The molecule has 0 fully saturated rings. The minimum absolute atomic E-state index is 0.0323. The van der Waals surface area contributed by atoms with Crippen LogP contribution >= 0.6 is 27.3 Å². The van der Waals surface area contributed by atoms with Crippen LogP contribution in [0.2, 0.25) is 0 Å². The number of benzene rings is 1. The van der Waals surface area contributed by atoms with Crippen molar-refractivity contribution in [1.82, 2.24) is 4.98 Å². The van der Waals surface area contributed by atoms with E-state index in [-0.39, 0.29) is 6.04 Å². The van der Waals surface area contributed by atoms with Gasteiger partial charge in [-0.2, -0.15) is 0 Å². The van der Waals surface area contributed by atoms with Crippen molar-refractivity contribution in [1.29, 1.82) is 0 Å². The van der Waals surface area contributed by atoms with Crippen LogP contribution in [0.1, 0.15) is 21.5 Å². The largest absolute Gasteiger partial charge is 0.323 e. The monoisotopic (exact) mass is 296 g/mol. The number of halogens is 1. The summed E-state index contributed by atoms with van der Waals surface area (Å²) in [5, 5.41) is 1.07. The molecule has 0 saturated carbocycles. The van der Waals surface area contributed by atoms with Crippen molar-refractivity contribution in [2.45, 2.75) is 19.4 Å². The molecule has 0 saturated heterocycles. The topological polar surface area (TPSA) is 38.9 Å². The Morgan fingerprint density at radius 3 is 2.81 bits per heavy atom. The van der Waals surface area contributed by atoms with Crippen molar-refractivity contribution in [2.24, 2.45) is 5.73 Å². The van der Waals surface area contributed by atoms with Gasteiger partial charge >= 0.3 is 0 Å². The lowest BCUT2D eigenvalue weighted by molar-refractivity contribution is 0.732. The van der Waals surface area contributed by atoms with E-state index < -0.39 is 0 Å². The predicted octanol–water partition coefficient (Wildman–Crippen LogP) is 3.46. The first kappa shape index (κ1) is 11.8. The standard InChI is InChI=1S/C12H13BrN2S/c1-8-15-7-12(16-8)11(14)6-9-4-2-3-5-10(9)13/h2-5,7,11H,6,14H2,1H3. The number of hydrogen-bond acceptors (Lipinski definition) is 3. The highest BCUT2D eigenvalue weighted by Crippen LogP contribution is 2.25. The van der Waals surface area contributed by atoms with Crippen LogP contribution in [0.15, 0.2) is 34.9 Å². The Kier molecular flexibility index (Phi) is 3.74. The van der Waals surface area contributed by atoms with Crippen molar-refractivity contribution in [3.63, 3.8) is 0 Å². The number of aryl methyl sites for hydroxylation is 1. The molecule has 16 heavy (non-hydrogen) atoms. The van der Waals surface area contributed by atoms with E-state index in [4.69, 9.17) is 5.73 Å². The first-order valence-corrected chi connectivity index (χ1v) is 6.69. The maximum absolute atomic E-state index is 6.16. The van der Waals surface area contributed by atoms with E-state index in [1.54, 1.807) is 11.3 Å².